The van der Waals surface area contributed by atoms with E-state index in [2.05, 4.69) is 27.2 Å². The van der Waals surface area contributed by atoms with Crippen LogP contribution in [0.15, 0.2) is 36.5 Å². The number of aromatic nitrogens is 3. The Kier molecular flexibility index (Phi) is 9.58. The van der Waals surface area contributed by atoms with Crippen molar-refractivity contribution in [2.45, 2.75) is 64.0 Å². The maximum Gasteiger partial charge on any atom is 0.407 e. The lowest BCUT2D eigenvalue weighted by Crippen LogP contribution is -2.37. The van der Waals surface area contributed by atoms with Gasteiger partial charge in [-0.2, -0.15) is 5.10 Å². The molecule has 234 valence electrons. The lowest BCUT2D eigenvalue weighted by atomic mass is 10.0. The van der Waals surface area contributed by atoms with Gasteiger partial charge < -0.3 is 35.8 Å². The van der Waals surface area contributed by atoms with Crippen LogP contribution in [0.25, 0.3) is 16.7 Å². The van der Waals surface area contributed by atoms with Crippen molar-refractivity contribution in [3.8, 4) is 17.7 Å². The minimum Gasteiger partial charge on any atom is -0.444 e. The second-order valence-corrected chi connectivity index (χ2v) is 11.9. The van der Waals surface area contributed by atoms with Crippen LogP contribution in [-0.4, -0.2) is 91.1 Å². The number of nitrogens with zero attached hydrogens (tertiary/aromatic N) is 5. The fourth-order valence-electron chi connectivity index (χ4n) is 4.73. The number of amides is 3. The number of aliphatic hydroxyl groups excluding tert-OH is 1. The van der Waals surface area contributed by atoms with Gasteiger partial charge in [0.15, 0.2) is 5.82 Å². The molecule has 1 aromatic carbocycles. The number of nitrogens with one attached hydrogen (secondary N) is 1. The van der Waals surface area contributed by atoms with Crippen LogP contribution in [0, 0.1) is 11.8 Å². The van der Waals surface area contributed by atoms with Gasteiger partial charge in [0.05, 0.1) is 5.52 Å². The Hall–Kier alpha value is -4.51. The van der Waals surface area contributed by atoms with Crippen LogP contribution >= 0.6 is 0 Å². The average Bonchev–Trinajstić information content (AvgIpc) is 3.46. The van der Waals surface area contributed by atoms with E-state index in [9.17, 15) is 24.6 Å². The number of hydrogen-bond donors (Lipinski definition) is 4. The van der Waals surface area contributed by atoms with Crippen LogP contribution in [-0.2, 0) is 20.9 Å². The molecule has 0 spiro atoms. The summed E-state index contributed by atoms with van der Waals surface area (Å²) in [7, 11) is 3.31. The summed E-state index contributed by atoms with van der Waals surface area (Å²) in [4.78, 5) is 44.2. The second kappa shape index (κ2) is 13.0. The number of likely N-dealkylation sites (N-methyl/N-ethyl adjacent to an activating group) is 1. The quantitative estimate of drug-likeness (QED) is 0.169. The number of pyridine rings is 1. The number of ether oxygens (including phenoxy) is 1. The first-order valence-corrected chi connectivity index (χ1v) is 14.3. The first-order chi connectivity index (χ1) is 20.7. The minimum absolute atomic E-state index is 0.0939. The van der Waals surface area contributed by atoms with Crippen molar-refractivity contribution < 1.29 is 29.3 Å². The van der Waals surface area contributed by atoms with Crippen molar-refractivity contribution in [3.05, 3.63) is 53.3 Å². The predicted molar refractivity (Wildman–Crippen MR) is 162 cm³/mol. The van der Waals surface area contributed by atoms with Crippen LogP contribution in [0.1, 0.15) is 63.1 Å². The van der Waals surface area contributed by atoms with Crippen LogP contribution in [0.2, 0.25) is 0 Å². The van der Waals surface area contributed by atoms with E-state index in [0.29, 0.717) is 48.3 Å². The number of nitrogens with two attached hydrogens (primary N) is 1. The van der Waals surface area contributed by atoms with E-state index in [1.165, 1.54) is 15.8 Å². The molecule has 0 aliphatic carbocycles. The minimum atomic E-state index is -1.73. The summed E-state index contributed by atoms with van der Waals surface area (Å²) in [5, 5.41) is 28.7. The highest BCUT2D eigenvalue weighted by Crippen LogP contribution is 2.27. The van der Waals surface area contributed by atoms with Crippen molar-refractivity contribution in [3.63, 3.8) is 0 Å². The third kappa shape index (κ3) is 7.71. The Bertz CT molecular complexity index is 1620. The second-order valence-electron chi connectivity index (χ2n) is 11.9. The highest BCUT2D eigenvalue weighted by molar-refractivity contribution is 5.90. The van der Waals surface area contributed by atoms with Crippen LogP contribution in [0.3, 0.4) is 0 Å². The van der Waals surface area contributed by atoms with Crippen LogP contribution < -0.4 is 11.1 Å². The molecule has 1 aliphatic heterocycles. The summed E-state index contributed by atoms with van der Waals surface area (Å²) >= 11 is 0. The molecule has 13 nitrogen and oxygen atoms in total. The van der Waals surface area contributed by atoms with Gasteiger partial charge in [-0.25, -0.2) is 14.5 Å². The molecular formula is C31H39N7O6. The average molecular weight is 606 g/mol. The maximum absolute atomic E-state index is 12.7. The Morgan fingerprint density at radius 3 is 2.68 bits per heavy atom. The molecule has 3 heterocycles. The zero-order valence-electron chi connectivity index (χ0n) is 25.6. The molecule has 0 radical (unpaired) electrons. The lowest BCUT2D eigenvalue weighted by Gasteiger charge is -2.20. The molecule has 1 fully saturated rings. The summed E-state index contributed by atoms with van der Waals surface area (Å²) in [6, 6.07) is 8.80. The molecule has 3 aromatic rings. The summed E-state index contributed by atoms with van der Waals surface area (Å²) in [6.45, 7) is 6.39. The molecule has 0 bridgehead atoms. The number of hydrogen-bond acceptors (Lipinski definition) is 9. The van der Waals surface area contributed by atoms with Gasteiger partial charge in [0.25, 0.3) is 5.91 Å². The molecule has 0 saturated carbocycles. The van der Waals surface area contributed by atoms with E-state index in [-0.39, 0.29) is 24.4 Å². The smallest absolute Gasteiger partial charge is 0.407 e. The van der Waals surface area contributed by atoms with Gasteiger partial charge in [-0.1, -0.05) is 17.9 Å². The molecule has 1 saturated heterocycles. The van der Waals surface area contributed by atoms with E-state index >= 15 is 0 Å². The molecule has 3 amide bonds. The van der Waals surface area contributed by atoms with Crippen LogP contribution in [0.5, 0.6) is 0 Å². The molecule has 13 heteroatoms. The summed E-state index contributed by atoms with van der Waals surface area (Å²) < 4.78 is 6.73. The Labute approximate surface area is 256 Å². The first-order valence-electron chi connectivity index (χ1n) is 14.3. The number of aliphatic hydroxyl groups is 2. The first kappa shape index (κ1) is 32.4. The maximum atomic E-state index is 12.7. The summed E-state index contributed by atoms with van der Waals surface area (Å²) in [6.07, 6.45) is 0.576. The number of benzene rings is 1. The molecule has 1 aliphatic rings. The Balaban J connectivity index is 1.47. The third-order valence-electron chi connectivity index (χ3n) is 7.02. The fourth-order valence-corrected chi connectivity index (χ4v) is 4.73. The number of rotatable bonds is 8. The molecule has 2 atom stereocenters. The van der Waals surface area contributed by atoms with Gasteiger partial charge in [0.1, 0.15) is 17.5 Å². The van der Waals surface area contributed by atoms with Crippen molar-refractivity contribution >= 4 is 28.8 Å². The largest absolute Gasteiger partial charge is 0.444 e. The van der Waals surface area contributed by atoms with E-state index in [1.54, 1.807) is 51.9 Å². The zero-order valence-corrected chi connectivity index (χ0v) is 25.6. The number of fused-ring (bicyclic) bond motifs is 1. The van der Waals surface area contributed by atoms with Gasteiger partial charge >= 0.3 is 6.09 Å². The molecule has 1 unspecified atom stereocenters. The SMILES string of the molecule is CN(Cc1ccc2c(c1)c(C(N)O)nn2-c1cc(C#C[C@]2(O)CCN(C)C2=O)ccn1)C(=O)CCCNC(=O)OC(C)(C)C. The third-order valence-corrected chi connectivity index (χ3v) is 7.02. The fraction of sp³-hybridized carbons (Fsp3) is 0.452. The monoisotopic (exact) mass is 605 g/mol. The van der Waals surface area contributed by atoms with Crippen molar-refractivity contribution in [1.29, 1.82) is 0 Å². The number of carbonyl (C=O) groups excluding carboxylic acids is 3. The van der Waals surface area contributed by atoms with E-state index in [1.807, 2.05) is 18.2 Å². The Morgan fingerprint density at radius 2 is 2.02 bits per heavy atom. The zero-order chi connectivity index (χ0) is 32.2. The van der Waals surface area contributed by atoms with Gasteiger partial charge in [0, 0.05) is 63.7 Å². The highest BCUT2D eigenvalue weighted by Gasteiger charge is 2.42. The normalized spacial score (nSPS) is 17.3. The molecule has 5 N–H and O–H groups in total. The van der Waals surface area contributed by atoms with E-state index in [0.717, 1.165) is 5.56 Å². The Morgan fingerprint density at radius 1 is 1.27 bits per heavy atom. The standard InChI is InChI=1S/C31H39N7O6/c1-30(2,3)44-29(42)34-14-6-7-25(39)37(5)19-21-8-9-23-22(17-21)26(27(32)40)35-38(23)24-18-20(11-15-33-24)10-12-31(43)13-16-36(4)28(31)41/h8-9,11,15,17-18,27,40,43H,6-7,13-14,16,19,32H2,1-5H3,(H,34,42)/t27?,31-/m0/s1. The lowest BCUT2D eigenvalue weighted by molar-refractivity contribution is -0.137. The van der Waals surface area contributed by atoms with Gasteiger partial charge in [-0.15, -0.1) is 0 Å². The molecule has 4 rings (SSSR count). The van der Waals surface area contributed by atoms with E-state index in [4.69, 9.17) is 10.5 Å². The number of alkyl carbamates (subject to hydrolysis) is 1. The molecule has 2 aromatic heterocycles. The van der Waals surface area contributed by atoms with Gasteiger partial charge in [0.2, 0.25) is 11.5 Å². The van der Waals surface area contributed by atoms with Crippen molar-refractivity contribution in [1.82, 2.24) is 29.9 Å². The summed E-state index contributed by atoms with van der Waals surface area (Å²) in [5.74, 6) is 5.44. The van der Waals surface area contributed by atoms with Crippen LogP contribution in [0.4, 0.5) is 4.79 Å². The topological polar surface area (TPSA) is 176 Å². The van der Waals surface area contributed by atoms with Gasteiger partial charge in [-0.3, -0.25) is 9.59 Å². The highest BCUT2D eigenvalue weighted by atomic mass is 16.6. The van der Waals surface area contributed by atoms with Crippen molar-refractivity contribution in [2.24, 2.45) is 5.73 Å². The summed E-state index contributed by atoms with van der Waals surface area (Å²) in [5.41, 5.74) is 5.70. The number of likely N-dealkylation sites (tertiary alicyclic amines) is 1. The predicted octanol–water partition coefficient (Wildman–Crippen LogP) is 1.58. The van der Waals surface area contributed by atoms with Crippen molar-refractivity contribution in [2.75, 3.05) is 27.2 Å². The van der Waals surface area contributed by atoms with Gasteiger partial charge in [-0.05, 0) is 57.0 Å². The number of carbonyl (C=O) groups is 3. The van der Waals surface area contributed by atoms with E-state index < -0.39 is 29.4 Å². The molecule has 44 heavy (non-hydrogen) atoms. The molecular weight excluding hydrogens is 566 g/mol.